The third-order valence-electron chi connectivity index (χ3n) is 5.80. The molecule has 1 aromatic carbocycles. The van der Waals surface area contributed by atoms with E-state index in [2.05, 4.69) is 25.8 Å². The summed E-state index contributed by atoms with van der Waals surface area (Å²) in [6.07, 6.45) is -3.90. The first-order chi connectivity index (χ1) is 18.2. The molecule has 3 heterocycles. The normalized spacial score (nSPS) is 15.3. The summed E-state index contributed by atoms with van der Waals surface area (Å²) in [5.74, 6) is -0.480. The van der Waals surface area contributed by atoms with Crippen LogP contribution in [0.3, 0.4) is 0 Å². The molecular weight excluding hydrogens is 530 g/mol. The first-order valence-corrected chi connectivity index (χ1v) is 11.9. The van der Waals surface area contributed by atoms with Crippen LogP contribution >= 0.6 is 11.6 Å². The van der Waals surface area contributed by atoms with Crippen LogP contribution in [0.15, 0.2) is 42.6 Å². The molecule has 1 amide bonds. The molecule has 0 spiro atoms. The van der Waals surface area contributed by atoms with Gasteiger partial charge in [0.1, 0.15) is 17.3 Å². The van der Waals surface area contributed by atoms with E-state index in [4.69, 9.17) is 16.3 Å². The number of aromatic nitrogens is 3. The van der Waals surface area contributed by atoms with E-state index in [-0.39, 0.29) is 61.6 Å². The number of amides is 1. The van der Waals surface area contributed by atoms with Gasteiger partial charge >= 0.3 is 0 Å². The molecule has 9 nitrogen and oxygen atoms in total. The predicted octanol–water partition coefficient (Wildman–Crippen LogP) is 4.20. The Hall–Kier alpha value is -3.55. The summed E-state index contributed by atoms with van der Waals surface area (Å²) in [5.41, 5.74) is 1.29. The third-order valence-corrected chi connectivity index (χ3v) is 6.03. The van der Waals surface area contributed by atoms with Crippen molar-refractivity contribution in [2.75, 3.05) is 50.5 Å². The number of nitrogens with zero attached hydrogens (tertiary/aromatic N) is 5. The SMILES string of the molecule is COc1nnc(-c2cc(Cl)ccc2F)cc1Nc1ccnc(NC(=O)CN2CCN(C(F)C(F)F)CC2)c1. The number of anilines is 3. The molecule has 14 heteroatoms. The van der Waals surface area contributed by atoms with Gasteiger partial charge in [0.05, 0.1) is 19.3 Å². The van der Waals surface area contributed by atoms with Crippen LogP contribution in [0.2, 0.25) is 5.02 Å². The Balaban J connectivity index is 1.40. The highest BCUT2D eigenvalue weighted by atomic mass is 35.5. The van der Waals surface area contributed by atoms with Crippen LogP contribution in [0.1, 0.15) is 0 Å². The lowest BCUT2D eigenvalue weighted by Crippen LogP contribution is -2.52. The molecule has 1 atom stereocenters. The number of pyridine rings is 1. The molecule has 0 saturated carbocycles. The van der Waals surface area contributed by atoms with Gasteiger partial charge in [-0.2, -0.15) is 0 Å². The van der Waals surface area contributed by atoms with Crippen LogP contribution in [-0.2, 0) is 4.79 Å². The van der Waals surface area contributed by atoms with Gasteiger partial charge < -0.3 is 15.4 Å². The Morgan fingerprint density at radius 3 is 2.58 bits per heavy atom. The average molecular weight is 554 g/mol. The molecule has 0 bridgehead atoms. The summed E-state index contributed by atoms with van der Waals surface area (Å²) in [7, 11) is 1.41. The molecule has 0 aliphatic carbocycles. The van der Waals surface area contributed by atoms with E-state index in [1.54, 1.807) is 23.1 Å². The van der Waals surface area contributed by atoms with Crippen molar-refractivity contribution in [1.29, 1.82) is 0 Å². The minimum Gasteiger partial charge on any atom is -0.478 e. The second kappa shape index (κ2) is 12.3. The Morgan fingerprint density at radius 2 is 1.87 bits per heavy atom. The van der Waals surface area contributed by atoms with E-state index in [9.17, 15) is 22.4 Å². The number of hydrogen-bond donors (Lipinski definition) is 2. The van der Waals surface area contributed by atoms with Crippen LogP contribution in [-0.4, -0.2) is 83.4 Å². The Bertz CT molecular complexity index is 1280. The van der Waals surface area contributed by atoms with Crippen molar-refractivity contribution < 1.29 is 27.1 Å². The number of halogens is 5. The van der Waals surface area contributed by atoms with Crippen molar-refractivity contribution in [1.82, 2.24) is 25.0 Å². The number of carbonyl (C=O) groups excluding carboxylic acids is 1. The van der Waals surface area contributed by atoms with Gasteiger partial charge in [-0.25, -0.2) is 22.5 Å². The summed E-state index contributed by atoms with van der Waals surface area (Å²) in [6.45, 7) is 0.744. The second-order valence-corrected chi connectivity index (χ2v) is 8.84. The molecule has 1 saturated heterocycles. The van der Waals surface area contributed by atoms with E-state index in [1.165, 1.54) is 31.5 Å². The lowest BCUT2D eigenvalue weighted by atomic mass is 10.1. The molecule has 38 heavy (non-hydrogen) atoms. The summed E-state index contributed by atoms with van der Waals surface area (Å²) < 4.78 is 58.2. The average Bonchev–Trinajstić information content (AvgIpc) is 2.90. The van der Waals surface area contributed by atoms with Crippen molar-refractivity contribution in [2.24, 2.45) is 0 Å². The number of methoxy groups -OCH3 is 1. The third kappa shape index (κ3) is 6.85. The molecule has 1 unspecified atom stereocenters. The highest BCUT2D eigenvalue weighted by Gasteiger charge is 2.30. The minimum atomic E-state index is -3.07. The zero-order chi connectivity index (χ0) is 27.2. The Morgan fingerprint density at radius 1 is 1.11 bits per heavy atom. The summed E-state index contributed by atoms with van der Waals surface area (Å²) in [6, 6.07) is 8.86. The fourth-order valence-corrected chi connectivity index (χ4v) is 4.06. The van der Waals surface area contributed by atoms with E-state index in [0.717, 1.165) is 4.90 Å². The van der Waals surface area contributed by atoms with Crippen molar-refractivity contribution in [2.45, 2.75) is 12.7 Å². The molecule has 202 valence electrons. The number of nitrogens with one attached hydrogen (secondary N) is 2. The lowest BCUT2D eigenvalue weighted by Gasteiger charge is -2.35. The van der Waals surface area contributed by atoms with Gasteiger partial charge in [-0.3, -0.25) is 14.6 Å². The van der Waals surface area contributed by atoms with Gasteiger partial charge in [0, 0.05) is 54.7 Å². The topological polar surface area (TPSA) is 95.5 Å². The summed E-state index contributed by atoms with van der Waals surface area (Å²) in [4.78, 5) is 19.5. The van der Waals surface area contributed by atoms with Crippen LogP contribution < -0.4 is 15.4 Å². The Kier molecular flexibility index (Phi) is 8.92. The van der Waals surface area contributed by atoms with Gasteiger partial charge in [0.2, 0.25) is 12.2 Å². The predicted molar refractivity (Wildman–Crippen MR) is 134 cm³/mol. The molecule has 1 aliphatic heterocycles. The summed E-state index contributed by atoms with van der Waals surface area (Å²) in [5, 5.41) is 14.1. The van der Waals surface area contributed by atoms with Crippen LogP contribution in [0.25, 0.3) is 11.3 Å². The highest BCUT2D eigenvalue weighted by molar-refractivity contribution is 6.30. The number of hydrogen-bond acceptors (Lipinski definition) is 8. The van der Waals surface area contributed by atoms with Gasteiger partial charge in [-0.1, -0.05) is 11.6 Å². The van der Waals surface area contributed by atoms with Gasteiger partial charge in [0.25, 0.3) is 12.3 Å². The largest absolute Gasteiger partial charge is 0.478 e. The molecule has 2 N–H and O–H groups in total. The first-order valence-electron chi connectivity index (χ1n) is 11.5. The minimum absolute atomic E-state index is 0.00450. The van der Waals surface area contributed by atoms with Crippen molar-refractivity contribution >= 4 is 34.7 Å². The number of alkyl halides is 3. The quantitative estimate of drug-likeness (QED) is 0.301. The lowest BCUT2D eigenvalue weighted by molar-refractivity contribution is -0.118. The molecule has 1 fully saturated rings. The Labute approximate surface area is 220 Å². The number of benzene rings is 1. The molecule has 2 aromatic heterocycles. The maximum absolute atomic E-state index is 14.3. The maximum Gasteiger partial charge on any atom is 0.282 e. The van der Waals surface area contributed by atoms with E-state index >= 15 is 0 Å². The van der Waals surface area contributed by atoms with E-state index in [1.807, 2.05) is 0 Å². The fourth-order valence-electron chi connectivity index (χ4n) is 3.89. The highest BCUT2D eigenvalue weighted by Crippen LogP contribution is 2.31. The van der Waals surface area contributed by atoms with Crippen LogP contribution in [0.4, 0.5) is 34.8 Å². The van der Waals surface area contributed by atoms with Gasteiger partial charge in [0.15, 0.2) is 0 Å². The number of carbonyl (C=O) groups is 1. The number of ether oxygens (including phenoxy) is 1. The number of rotatable bonds is 9. The van der Waals surface area contributed by atoms with E-state index < -0.39 is 18.5 Å². The molecule has 1 aliphatic rings. The van der Waals surface area contributed by atoms with Crippen molar-refractivity contribution in [3.05, 3.63) is 53.4 Å². The molecular formula is C24H24ClF4N7O2. The standard InChI is InChI=1S/C24H24ClF4N7O2/c1-38-24-19(12-18(33-34-24)16-10-14(25)2-3-17(16)26)31-15-4-5-30-20(11-15)32-21(37)13-35-6-8-36(9-7-35)23(29)22(27)28/h2-5,10-12,22-23H,6-9,13H2,1H3,(H2,30,31,32,33,37). The monoisotopic (exact) mass is 553 g/mol. The smallest absolute Gasteiger partial charge is 0.282 e. The second-order valence-electron chi connectivity index (χ2n) is 8.40. The van der Waals surface area contributed by atoms with Crippen LogP contribution in [0, 0.1) is 5.82 Å². The maximum atomic E-state index is 14.3. The van der Waals surface area contributed by atoms with Crippen LogP contribution in [0.5, 0.6) is 5.88 Å². The fraction of sp³-hybridized carbons (Fsp3) is 0.333. The molecule has 3 aromatic rings. The first kappa shape index (κ1) is 27.5. The van der Waals surface area contributed by atoms with Gasteiger partial charge in [-0.05, 0) is 30.3 Å². The van der Waals surface area contributed by atoms with Crippen molar-refractivity contribution in [3.8, 4) is 17.1 Å². The van der Waals surface area contributed by atoms with Gasteiger partial charge in [-0.15, -0.1) is 10.2 Å². The zero-order valence-electron chi connectivity index (χ0n) is 20.2. The summed E-state index contributed by atoms with van der Waals surface area (Å²) >= 11 is 6.00. The number of piperazine rings is 1. The van der Waals surface area contributed by atoms with E-state index in [0.29, 0.717) is 16.4 Å². The molecule has 4 rings (SSSR count). The molecule has 0 radical (unpaired) electrons. The van der Waals surface area contributed by atoms with Crippen molar-refractivity contribution in [3.63, 3.8) is 0 Å². The zero-order valence-corrected chi connectivity index (χ0v) is 20.9.